The van der Waals surface area contributed by atoms with E-state index in [9.17, 15) is 9.59 Å². The summed E-state index contributed by atoms with van der Waals surface area (Å²) < 4.78 is 2.02. The zero-order chi connectivity index (χ0) is 19.1. The SMILES string of the molecule is O=C1NC[C@H]2CN(C(=O)c3cnc4c(c3)ncn4CCc3ccccc3)C[C@@H]12. The first-order chi connectivity index (χ1) is 13.7. The number of hydrogen-bond donors (Lipinski definition) is 1. The number of fused-ring (bicyclic) bond motifs is 2. The molecule has 3 aromatic rings. The van der Waals surface area contributed by atoms with Crippen LogP contribution < -0.4 is 5.32 Å². The van der Waals surface area contributed by atoms with Crippen LogP contribution >= 0.6 is 0 Å². The third kappa shape index (κ3) is 2.93. The molecule has 2 saturated heterocycles. The van der Waals surface area contributed by atoms with Gasteiger partial charge in [-0.3, -0.25) is 9.59 Å². The molecule has 2 aliphatic heterocycles. The van der Waals surface area contributed by atoms with Crippen LogP contribution in [0.2, 0.25) is 0 Å². The number of rotatable bonds is 4. The van der Waals surface area contributed by atoms with E-state index in [0.717, 1.165) is 24.1 Å². The predicted octanol–water partition coefficient (Wildman–Crippen LogP) is 1.49. The van der Waals surface area contributed by atoms with Crippen molar-refractivity contribution in [1.82, 2.24) is 24.8 Å². The Labute approximate surface area is 162 Å². The summed E-state index contributed by atoms with van der Waals surface area (Å²) in [5.74, 6) is 0.143. The van der Waals surface area contributed by atoms with Crippen molar-refractivity contribution in [2.24, 2.45) is 11.8 Å². The van der Waals surface area contributed by atoms with E-state index < -0.39 is 0 Å². The number of aromatic nitrogens is 3. The van der Waals surface area contributed by atoms with Crippen molar-refractivity contribution in [3.63, 3.8) is 0 Å². The van der Waals surface area contributed by atoms with Gasteiger partial charge >= 0.3 is 0 Å². The minimum Gasteiger partial charge on any atom is -0.355 e. The van der Waals surface area contributed by atoms with Gasteiger partial charge in [0, 0.05) is 38.3 Å². The van der Waals surface area contributed by atoms with Gasteiger partial charge in [0.2, 0.25) is 5.91 Å². The number of imidazole rings is 1. The van der Waals surface area contributed by atoms with E-state index in [0.29, 0.717) is 25.2 Å². The molecule has 7 heteroatoms. The molecule has 7 nitrogen and oxygen atoms in total. The van der Waals surface area contributed by atoms with Gasteiger partial charge < -0.3 is 14.8 Å². The lowest BCUT2D eigenvalue weighted by Crippen LogP contribution is -2.33. The Bertz CT molecular complexity index is 1050. The summed E-state index contributed by atoms with van der Waals surface area (Å²) in [6.07, 6.45) is 4.30. The normalized spacial score (nSPS) is 21.1. The number of carbonyl (C=O) groups excluding carboxylic acids is 2. The molecular formula is C21H21N5O2. The van der Waals surface area contributed by atoms with Gasteiger partial charge in [-0.05, 0) is 18.1 Å². The number of benzene rings is 1. The van der Waals surface area contributed by atoms with Crippen molar-refractivity contribution in [2.75, 3.05) is 19.6 Å². The van der Waals surface area contributed by atoms with E-state index in [1.807, 2.05) is 22.8 Å². The van der Waals surface area contributed by atoms with E-state index >= 15 is 0 Å². The van der Waals surface area contributed by atoms with Gasteiger partial charge in [-0.15, -0.1) is 0 Å². The lowest BCUT2D eigenvalue weighted by atomic mass is 10.0. The number of nitrogens with zero attached hydrogens (tertiary/aromatic N) is 4. The van der Waals surface area contributed by atoms with E-state index in [-0.39, 0.29) is 23.7 Å². The van der Waals surface area contributed by atoms with Gasteiger partial charge in [-0.2, -0.15) is 0 Å². The Morgan fingerprint density at radius 3 is 2.86 bits per heavy atom. The molecule has 0 aliphatic carbocycles. The van der Waals surface area contributed by atoms with Crippen molar-refractivity contribution >= 4 is 23.0 Å². The molecule has 0 radical (unpaired) electrons. The highest BCUT2D eigenvalue weighted by molar-refractivity contribution is 5.97. The highest BCUT2D eigenvalue weighted by Crippen LogP contribution is 2.28. The van der Waals surface area contributed by atoms with Crippen LogP contribution in [0, 0.1) is 11.8 Å². The van der Waals surface area contributed by atoms with Gasteiger partial charge in [-0.25, -0.2) is 9.97 Å². The summed E-state index contributed by atoms with van der Waals surface area (Å²) in [5.41, 5.74) is 3.29. The van der Waals surface area contributed by atoms with Gasteiger partial charge in [0.25, 0.3) is 5.91 Å². The number of amides is 2. The molecule has 2 atom stereocenters. The second-order valence-electron chi connectivity index (χ2n) is 7.56. The van der Waals surface area contributed by atoms with Crippen molar-refractivity contribution in [2.45, 2.75) is 13.0 Å². The summed E-state index contributed by atoms with van der Waals surface area (Å²) in [7, 11) is 0. The number of aryl methyl sites for hydroxylation is 2. The number of likely N-dealkylation sites (tertiary alicyclic amines) is 1. The maximum atomic E-state index is 12.9. The smallest absolute Gasteiger partial charge is 0.255 e. The molecule has 0 spiro atoms. The molecule has 142 valence electrons. The minimum atomic E-state index is -0.0737. The van der Waals surface area contributed by atoms with E-state index in [1.54, 1.807) is 23.5 Å². The van der Waals surface area contributed by atoms with Crippen LogP contribution in [0.4, 0.5) is 0 Å². The molecule has 2 fully saturated rings. The predicted molar refractivity (Wildman–Crippen MR) is 104 cm³/mol. The molecule has 0 unspecified atom stereocenters. The fraction of sp³-hybridized carbons (Fsp3) is 0.333. The summed E-state index contributed by atoms with van der Waals surface area (Å²) in [4.78, 5) is 35.4. The lowest BCUT2D eigenvalue weighted by molar-refractivity contribution is -0.122. The molecule has 1 N–H and O–H groups in total. The Kier molecular flexibility index (Phi) is 4.07. The zero-order valence-corrected chi connectivity index (χ0v) is 15.4. The standard InChI is InChI=1S/C21H21N5O2/c27-20-17-12-26(11-16(17)10-23-20)21(28)15-8-18-19(22-9-15)25(13-24-18)7-6-14-4-2-1-3-5-14/h1-5,8-9,13,16-17H,6-7,10-12H2,(H,23,27)/t16-,17+/m0/s1. The third-order valence-electron chi connectivity index (χ3n) is 5.79. The maximum Gasteiger partial charge on any atom is 0.255 e. The molecular weight excluding hydrogens is 354 g/mol. The van der Waals surface area contributed by atoms with Crippen LogP contribution in [-0.2, 0) is 17.8 Å². The second-order valence-corrected chi connectivity index (χ2v) is 7.56. The number of pyridine rings is 1. The molecule has 28 heavy (non-hydrogen) atoms. The van der Waals surface area contributed by atoms with E-state index in [4.69, 9.17) is 0 Å². The average molecular weight is 375 g/mol. The lowest BCUT2D eigenvalue weighted by Gasteiger charge is -2.17. The molecule has 2 amide bonds. The van der Waals surface area contributed by atoms with Gasteiger partial charge in [0.05, 0.1) is 17.8 Å². The molecule has 2 aliphatic rings. The Morgan fingerprint density at radius 2 is 2.04 bits per heavy atom. The van der Waals surface area contributed by atoms with Crippen LogP contribution in [-0.4, -0.2) is 50.9 Å². The molecule has 0 saturated carbocycles. The van der Waals surface area contributed by atoms with Crippen LogP contribution in [0.5, 0.6) is 0 Å². The fourth-order valence-corrected chi connectivity index (χ4v) is 4.21. The van der Waals surface area contributed by atoms with Crippen molar-refractivity contribution in [3.05, 3.63) is 60.0 Å². The second kappa shape index (κ2) is 6.74. The van der Waals surface area contributed by atoms with Crippen LogP contribution in [0.25, 0.3) is 11.2 Å². The first-order valence-electron chi connectivity index (χ1n) is 9.61. The Balaban J connectivity index is 1.32. The highest BCUT2D eigenvalue weighted by atomic mass is 16.2. The van der Waals surface area contributed by atoms with Gasteiger partial charge in [-0.1, -0.05) is 30.3 Å². The van der Waals surface area contributed by atoms with Crippen molar-refractivity contribution in [1.29, 1.82) is 0 Å². The fourth-order valence-electron chi connectivity index (χ4n) is 4.21. The van der Waals surface area contributed by atoms with Crippen LogP contribution in [0.1, 0.15) is 15.9 Å². The Morgan fingerprint density at radius 1 is 1.18 bits per heavy atom. The monoisotopic (exact) mass is 375 g/mol. The van der Waals surface area contributed by atoms with Gasteiger partial charge in [0.15, 0.2) is 5.65 Å². The number of carbonyl (C=O) groups is 2. The van der Waals surface area contributed by atoms with Crippen LogP contribution in [0.15, 0.2) is 48.9 Å². The average Bonchev–Trinajstić information content (AvgIpc) is 3.42. The molecule has 1 aromatic carbocycles. The molecule has 2 aromatic heterocycles. The number of hydrogen-bond acceptors (Lipinski definition) is 4. The third-order valence-corrected chi connectivity index (χ3v) is 5.79. The number of nitrogens with one attached hydrogen (secondary N) is 1. The summed E-state index contributed by atoms with van der Waals surface area (Å²) in [6, 6.07) is 12.1. The largest absolute Gasteiger partial charge is 0.355 e. The van der Waals surface area contributed by atoms with Crippen molar-refractivity contribution < 1.29 is 9.59 Å². The summed E-state index contributed by atoms with van der Waals surface area (Å²) in [5, 5.41) is 2.87. The molecule has 4 heterocycles. The Hall–Kier alpha value is -3.22. The van der Waals surface area contributed by atoms with Crippen LogP contribution in [0.3, 0.4) is 0 Å². The zero-order valence-electron chi connectivity index (χ0n) is 15.4. The molecule has 5 rings (SSSR count). The topological polar surface area (TPSA) is 80.1 Å². The van der Waals surface area contributed by atoms with E-state index in [2.05, 4.69) is 27.4 Å². The van der Waals surface area contributed by atoms with Gasteiger partial charge in [0.1, 0.15) is 5.52 Å². The summed E-state index contributed by atoms with van der Waals surface area (Å²) in [6.45, 7) is 2.55. The summed E-state index contributed by atoms with van der Waals surface area (Å²) >= 11 is 0. The van der Waals surface area contributed by atoms with Crippen molar-refractivity contribution in [3.8, 4) is 0 Å². The minimum absolute atomic E-state index is 0.0611. The van der Waals surface area contributed by atoms with E-state index in [1.165, 1.54) is 5.56 Å². The maximum absolute atomic E-state index is 12.9. The first-order valence-corrected chi connectivity index (χ1v) is 9.61. The highest BCUT2D eigenvalue weighted by Gasteiger charge is 2.43. The quantitative estimate of drug-likeness (QED) is 0.749. The molecule has 0 bridgehead atoms. The first kappa shape index (κ1) is 16.9.